The Kier molecular flexibility index (Phi) is 20.9. The van der Waals surface area contributed by atoms with Gasteiger partial charge in [-0.3, -0.25) is 29.0 Å². The lowest BCUT2D eigenvalue weighted by Crippen LogP contribution is -2.71. The Morgan fingerprint density at radius 1 is 0.793 bits per heavy atom. The molecule has 6 rings (SSSR count). The van der Waals surface area contributed by atoms with E-state index in [9.17, 15) is 42.0 Å². The van der Waals surface area contributed by atoms with E-state index in [1.165, 1.54) is 7.11 Å². The van der Waals surface area contributed by atoms with Crippen molar-refractivity contribution in [2.24, 2.45) is 10.7 Å². The molecule has 1 heterocycles. The highest BCUT2D eigenvalue weighted by Crippen LogP contribution is 2.44. The SMILES string of the molecule is COC(=O)[C@H](CC(=O)OC(C)(C)C)NC(=O)[C@H](Cc1ccccc1)NC(=O)C1(NC(=O)[C@H](CCCN=C(N)NS(=O)(=O)c2c(C)cc(OC)c(C)c2C)NC(=O)CNC(=O)OCC2c3ccccc3-c3ccccc32)COC(C)(C)OC1. The number of carbonyl (C=O) groups excluding carboxylic acids is 7. The molecule has 442 valence electrons. The molecule has 24 heteroatoms. The Balaban J connectivity index is 1.22. The van der Waals surface area contributed by atoms with Gasteiger partial charge in [0.05, 0.1) is 38.7 Å². The number of nitrogens with two attached hydrogens (primary N) is 1. The minimum atomic E-state index is -4.25. The Bertz CT molecular complexity index is 3110. The summed E-state index contributed by atoms with van der Waals surface area (Å²) in [5.74, 6) is -6.92. The third-order valence-corrected chi connectivity index (χ3v) is 15.3. The van der Waals surface area contributed by atoms with Gasteiger partial charge in [-0.2, -0.15) is 0 Å². The quantitative estimate of drug-likeness (QED) is 0.0183. The molecular formula is C58H74N8O15S. The molecular weight excluding hydrogens is 1080 g/mol. The zero-order chi connectivity index (χ0) is 60.2. The number of aryl methyl sites for hydroxylation is 1. The monoisotopic (exact) mass is 1150 g/mol. The summed E-state index contributed by atoms with van der Waals surface area (Å²) in [6.07, 6.45) is -1.87. The number of alkyl carbamates (subject to hydrolysis) is 1. The van der Waals surface area contributed by atoms with Crippen LogP contribution in [0.1, 0.15) is 93.2 Å². The molecule has 4 aromatic rings. The van der Waals surface area contributed by atoms with E-state index in [-0.39, 0.29) is 43.2 Å². The highest BCUT2D eigenvalue weighted by atomic mass is 32.2. The summed E-state index contributed by atoms with van der Waals surface area (Å²) in [6, 6.07) is 21.2. The number of rotatable bonds is 23. The molecule has 4 aromatic carbocycles. The maximum absolute atomic E-state index is 14.9. The molecule has 1 aliphatic carbocycles. The lowest BCUT2D eigenvalue weighted by atomic mass is 9.95. The molecule has 0 unspecified atom stereocenters. The summed E-state index contributed by atoms with van der Waals surface area (Å²) in [5, 5.41) is 12.9. The second kappa shape index (κ2) is 27.1. The molecule has 0 aromatic heterocycles. The van der Waals surface area contributed by atoms with Crippen LogP contribution in [-0.4, -0.2) is 138 Å². The number of sulfonamides is 1. The smallest absolute Gasteiger partial charge is 0.407 e. The number of guanidine groups is 1. The molecule has 23 nitrogen and oxygen atoms in total. The number of esters is 2. The highest BCUT2D eigenvalue weighted by Gasteiger charge is 2.49. The first-order valence-electron chi connectivity index (χ1n) is 26.6. The number of hydrogen-bond acceptors (Lipinski definition) is 16. The van der Waals surface area contributed by atoms with E-state index < -0.39 is 119 Å². The first-order chi connectivity index (χ1) is 38.7. The Morgan fingerprint density at radius 3 is 2.00 bits per heavy atom. The van der Waals surface area contributed by atoms with Crippen LogP contribution in [0.15, 0.2) is 94.8 Å². The van der Waals surface area contributed by atoms with Crippen molar-refractivity contribution in [3.8, 4) is 16.9 Å². The van der Waals surface area contributed by atoms with Gasteiger partial charge in [-0.05, 0) is 119 Å². The molecule has 1 saturated heterocycles. The molecule has 1 fully saturated rings. The third kappa shape index (κ3) is 16.5. The van der Waals surface area contributed by atoms with Crippen molar-refractivity contribution in [3.63, 3.8) is 0 Å². The van der Waals surface area contributed by atoms with E-state index in [0.29, 0.717) is 28.0 Å². The molecule has 0 spiro atoms. The van der Waals surface area contributed by atoms with Crippen LogP contribution in [0.3, 0.4) is 0 Å². The number of ether oxygens (including phenoxy) is 6. The number of methoxy groups -OCH3 is 2. The van der Waals surface area contributed by atoms with E-state index in [1.54, 1.807) is 91.8 Å². The van der Waals surface area contributed by atoms with Crippen LogP contribution >= 0.6 is 0 Å². The third-order valence-electron chi connectivity index (χ3n) is 13.7. The Labute approximate surface area is 477 Å². The van der Waals surface area contributed by atoms with Crippen molar-refractivity contribution in [1.82, 2.24) is 31.3 Å². The summed E-state index contributed by atoms with van der Waals surface area (Å²) in [7, 11) is -1.69. The van der Waals surface area contributed by atoms with E-state index >= 15 is 0 Å². The standard InChI is InChI=1S/C58H74N8O15S/c1-34-27-46(76-9)35(2)36(3)49(34)82(74,75)66-54(59)60-26-18-25-43(62-47(67)30-61-55(73)78-31-42-40-23-16-14-21-38(40)39-22-15-17-24-41(39)42)51(70)65-58(32-79-57(7,8)80-33-58)53(72)64-44(28-37-19-12-11-13-20-37)50(69)63-45(52(71)77-10)29-48(68)81-56(4,5)6/h11-17,19-24,27,42-45H,18,25-26,28-33H2,1-10H3,(H,61,73)(H,62,67)(H,63,69)(H,64,72)(H,65,70)(H3,59,60,66)/t43-,44-,45-/m0/s1. The van der Waals surface area contributed by atoms with Crippen molar-refractivity contribution >= 4 is 57.6 Å². The van der Waals surface area contributed by atoms with Crippen molar-refractivity contribution in [3.05, 3.63) is 118 Å². The molecule has 8 N–H and O–H groups in total. The van der Waals surface area contributed by atoms with Crippen LogP contribution in [0, 0.1) is 20.8 Å². The first-order valence-corrected chi connectivity index (χ1v) is 28.0. The van der Waals surface area contributed by atoms with E-state index in [2.05, 4.69) is 36.3 Å². The predicted octanol–water partition coefficient (Wildman–Crippen LogP) is 3.77. The van der Waals surface area contributed by atoms with Gasteiger partial charge in [0.1, 0.15) is 42.6 Å². The van der Waals surface area contributed by atoms with Crippen molar-refractivity contribution in [1.29, 1.82) is 0 Å². The summed E-state index contributed by atoms with van der Waals surface area (Å²) in [4.78, 5) is 101. The van der Waals surface area contributed by atoms with E-state index in [0.717, 1.165) is 29.4 Å². The number of benzene rings is 4. The summed E-state index contributed by atoms with van der Waals surface area (Å²) in [5.41, 5.74) is 9.12. The van der Waals surface area contributed by atoms with Gasteiger partial charge in [0.2, 0.25) is 23.7 Å². The summed E-state index contributed by atoms with van der Waals surface area (Å²) in [6.45, 7) is 11.1. The largest absolute Gasteiger partial charge is 0.496 e. The number of amides is 5. The molecule has 5 amide bonds. The molecule has 3 atom stereocenters. The van der Waals surface area contributed by atoms with Crippen LogP contribution < -0.4 is 41.8 Å². The van der Waals surface area contributed by atoms with Gasteiger partial charge in [0.25, 0.3) is 15.9 Å². The first kappa shape index (κ1) is 63.1. The average Bonchev–Trinajstić information content (AvgIpc) is 3.78. The van der Waals surface area contributed by atoms with E-state index in [4.69, 9.17) is 34.2 Å². The van der Waals surface area contributed by atoms with Crippen molar-refractivity contribution in [2.75, 3.05) is 47.1 Å². The van der Waals surface area contributed by atoms with Gasteiger partial charge in [-0.15, -0.1) is 0 Å². The second-order valence-corrected chi connectivity index (χ2v) is 23.0. The molecule has 0 bridgehead atoms. The normalized spacial score (nSPS) is 15.7. The average molecular weight is 1160 g/mol. The fourth-order valence-corrected chi connectivity index (χ4v) is 10.9. The number of fused-ring (bicyclic) bond motifs is 3. The fourth-order valence-electron chi connectivity index (χ4n) is 9.45. The van der Waals surface area contributed by atoms with Gasteiger partial charge >= 0.3 is 18.0 Å². The number of carbonyl (C=O) groups is 7. The summed E-state index contributed by atoms with van der Waals surface area (Å²) >= 11 is 0. The second-order valence-electron chi connectivity index (χ2n) is 21.4. The zero-order valence-corrected chi connectivity index (χ0v) is 48.6. The number of aliphatic imine (C=N–C) groups is 1. The molecule has 0 radical (unpaired) electrons. The zero-order valence-electron chi connectivity index (χ0n) is 47.8. The molecule has 82 heavy (non-hydrogen) atoms. The lowest BCUT2D eigenvalue weighted by molar-refractivity contribution is -0.267. The van der Waals surface area contributed by atoms with Crippen LogP contribution in [0.2, 0.25) is 0 Å². The van der Waals surface area contributed by atoms with Gasteiger partial charge < -0.3 is 60.7 Å². The Morgan fingerprint density at radius 2 is 1.40 bits per heavy atom. The van der Waals surface area contributed by atoms with Gasteiger partial charge in [-0.1, -0.05) is 78.9 Å². The maximum Gasteiger partial charge on any atom is 0.407 e. The van der Waals surface area contributed by atoms with Crippen LogP contribution in [0.5, 0.6) is 5.75 Å². The van der Waals surface area contributed by atoms with Crippen LogP contribution in [-0.2, 0) is 68.9 Å². The van der Waals surface area contributed by atoms with E-state index in [1.807, 2.05) is 48.5 Å². The lowest BCUT2D eigenvalue weighted by Gasteiger charge is -2.43. The maximum atomic E-state index is 14.9. The topological polar surface area (TPSA) is 320 Å². The molecule has 1 aliphatic heterocycles. The fraction of sp³-hybridized carbons (Fsp3) is 0.448. The van der Waals surface area contributed by atoms with Gasteiger partial charge in [-0.25, -0.2) is 22.7 Å². The van der Waals surface area contributed by atoms with Gasteiger partial charge in [0, 0.05) is 18.9 Å². The van der Waals surface area contributed by atoms with Crippen molar-refractivity contribution < 1.29 is 70.4 Å². The number of nitrogens with one attached hydrogen (secondary N) is 6. The highest BCUT2D eigenvalue weighted by molar-refractivity contribution is 7.90. The summed E-state index contributed by atoms with van der Waals surface area (Å²) < 4.78 is 62.7. The molecule has 2 aliphatic rings. The minimum absolute atomic E-state index is 0.0104. The predicted molar refractivity (Wildman–Crippen MR) is 302 cm³/mol. The number of hydrogen-bond donors (Lipinski definition) is 7. The van der Waals surface area contributed by atoms with Crippen LogP contribution in [0.25, 0.3) is 11.1 Å². The van der Waals surface area contributed by atoms with Crippen LogP contribution in [0.4, 0.5) is 4.79 Å². The molecule has 0 saturated carbocycles. The van der Waals surface area contributed by atoms with Crippen molar-refractivity contribution in [2.45, 2.75) is 127 Å². The number of nitrogens with zero attached hydrogens (tertiary/aromatic N) is 1. The minimum Gasteiger partial charge on any atom is -0.496 e. The Hall–Kier alpha value is -8.09. The van der Waals surface area contributed by atoms with Gasteiger partial charge in [0.15, 0.2) is 11.3 Å².